The fraction of sp³-hybridized carbons (Fsp3) is 0.100. The second-order valence-corrected chi connectivity index (χ2v) is 6.61. The summed E-state index contributed by atoms with van der Waals surface area (Å²) < 4.78 is 0. The van der Waals surface area contributed by atoms with Crippen LogP contribution in [0.5, 0.6) is 0 Å². The van der Waals surface area contributed by atoms with Gasteiger partial charge in [0.15, 0.2) is 12.2 Å². The molecular formula is C20H12N2O10. The van der Waals surface area contributed by atoms with Gasteiger partial charge in [-0.05, 0) is 24.3 Å². The van der Waals surface area contributed by atoms with E-state index in [4.69, 9.17) is 0 Å². The number of amides is 4. The standard InChI is InChI=1S/C20H12N2O10/c23-13(19(29)31-21-15(25)9-5-1-2-6-10(9)16(21)26)14(24)20(30)32-22-17(27)11-7-3-4-8-12(11)18(22)28/h1-8,13-14,23-24H. The first-order chi connectivity index (χ1) is 15.2. The van der Waals surface area contributed by atoms with Crippen LogP contribution in [0.25, 0.3) is 0 Å². The van der Waals surface area contributed by atoms with Crippen LogP contribution in [0.2, 0.25) is 0 Å². The van der Waals surface area contributed by atoms with Crippen molar-refractivity contribution in [1.82, 2.24) is 10.1 Å². The molecule has 0 saturated carbocycles. The highest BCUT2D eigenvalue weighted by molar-refractivity contribution is 6.21. The lowest BCUT2D eigenvalue weighted by molar-refractivity contribution is -0.197. The Labute approximate surface area is 178 Å². The van der Waals surface area contributed by atoms with Crippen LogP contribution >= 0.6 is 0 Å². The van der Waals surface area contributed by atoms with Crippen LogP contribution < -0.4 is 0 Å². The zero-order chi connectivity index (χ0) is 23.2. The molecule has 12 heteroatoms. The number of fused-ring (bicyclic) bond motifs is 2. The Morgan fingerprint density at radius 2 is 0.844 bits per heavy atom. The van der Waals surface area contributed by atoms with Gasteiger partial charge in [0.25, 0.3) is 23.6 Å². The van der Waals surface area contributed by atoms with Crippen LogP contribution in [0.3, 0.4) is 0 Å². The van der Waals surface area contributed by atoms with Crippen LogP contribution in [-0.4, -0.2) is 68.1 Å². The summed E-state index contributed by atoms with van der Waals surface area (Å²) >= 11 is 0. The molecular weight excluding hydrogens is 428 g/mol. The summed E-state index contributed by atoms with van der Waals surface area (Å²) in [7, 11) is 0. The molecule has 162 valence electrons. The van der Waals surface area contributed by atoms with Crippen molar-refractivity contribution in [2.24, 2.45) is 0 Å². The third kappa shape index (κ3) is 3.19. The first-order valence-corrected chi connectivity index (χ1v) is 8.97. The Kier molecular flexibility index (Phi) is 5.00. The molecule has 0 aromatic heterocycles. The van der Waals surface area contributed by atoms with E-state index >= 15 is 0 Å². The van der Waals surface area contributed by atoms with E-state index in [9.17, 15) is 39.0 Å². The van der Waals surface area contributed by atoms with Crippen molar-refractivity contribution in [3.63, 3.8) is 0 Å². The summed E-state index contributed by atoms with van der Waals surface area (Å²) in [4.78, 5) is 82.0. The number of carbonyl (C=O) groups is 6. The lowest BCUT2D eigenvalue weighted by Crippen LogP contribution is -2.47. The third-order valence-corrected chi connectivity index (χ3v) is 4.66. The minimum atomic E-state index is -2.61. The largest absolute Gasteiger partial charge is 0.379 e. The molecule has 4 amide bonds. The topological polar surface area (TPSA) is 168 Å². The molecule has 2 unspecified atom stereocenters. The lowest BCUT2D eigenvalue weighted by atomic mass is 10.1. The summed E-state index contributed by atoms with van der Waals surface area (Å²) in [6, 6.07) is 11.2. The van der Waals surface area contributed by atoms with E-state index in [2.05, 4.69) is 9.68 Å². The molecule has 2 aromatic carbocycles. The molecule has 32 heavy (non-hydrogen) atoms. The molecule has 4 rings (SSSR count). The number of hydrogen-bond donors (Lipinski definition) is 2. The fourth-order valence-corrected chi connectivity index (χ4v) is 3.05. The number of hydroxylamine groups is 4. The number of carbonyl (C=O) groups excluding carboxylic acids is 6. The van der Waals surface area contributed by atoms with Crippen LogP contribution in [0.15, 0.2) is 48.5 Å². The predicted molar refractivity (Wildman–Crippen MR) is 98.1 cm³/mol. The van der Waals surface area contributed by atoms with Crippen LogP contribution in [0, 0.1) is 0 Å². The monoisotopic (exact) mass is 440 g/mol. The molecule has 2 atom stereocenters. The summed E-state index contributed by atoms with van der Waals surface area (Å²) in [6.07, 6.45) is -5.22. The highest BCUT2D eigenvalue weighted by Crippen LogP contribution is 2.24. The normalized spacial score (nSPS) is 16.6. The van der Waals surface area contributed by atoms with E-state index < -0.39 is 47.8 Å². The van der Waals surface area contributed by atoms with Crippen LogP contribution in [-0.2, 0) is 19.3 Å². The van der Waals surface area contributed by atoms with E-state index in [1.807, 2.05) is 0 Å². The molecule has 2 heterocycles. The Bertz CT molecular complexity index is 1040. The molecule has 2 aliphatic heterocycles. The minimum Gasteiger partial charge on any atom is -0.379 e. The summed E-state index contributed by atoms with van der Waals surface area (Å²) in [5.74, 6) is -7.43. The molecule has 12 nitrogen and oxygen atoms in total. The quantitative estimate of drug-likeness (QED) is 0.563. The van der Waals surface area contributed by atoms with E-state index in [1.54, 1.807) is 0 Å². The number of hydrogen-bond acceptors (Lipinski definition) is 10. The molecule has 0 bridgehead atoms. The van der Waals surface area contributed by atoms with Crippen molar-refractivity contribution in [2.75, 3.05) is 0 Å². The van der Waals surface area contributed by atoms with Crippen molar-refractivity contribution >= 4 is 35.6 Å². The van der Waals surface area contributed by atoms with Crippen LogP contribution in [0.4, 0.5) is 0 Å². The Morgan fingerprint density at radius 1 is 0.594 bits per heavy atom. The van der Waals surface area contributed by atoms with Gasteiger partial charge in [0.2, 0.25) is 0 Å². The van der Waals surface area contributed by atoms with E-state index in [0.29, 0.717) is 0 Å². The smallest absolute Gasteiger partial charge is 0.364 e. The second kappa shape index (κ2) is 7.68. The Balaban J connectivity index is 1.41. The maximum atomic E-state index is 12.2. The van der Waals surface area contributed by atoms with E-state index in [0.717, 1.165) is 0 Å². The first-order valence-electron chi connectivity index (χ1n) is 8.97. The molecule has 0 fully saturated rings. The maximum absolute atomic E-state index is 12.2. The third-order valence-electron chi connectivity index (χ3n) is 4.66. The van der Waals surface area contributed by atoms with Gasteiger partial charge in [-0.2, -0.15) is 0 Å². The van der Waals surface area contributed by atoms with E-state index in [1.165, 1.54) is 48.5 Å². The summed E-state index contributed by atoms with van der Waals surface area (Å²) in [5, 5.41) is 20.0. The highest BCUT2D eigenvalue weighted by atomic mass is 16.7. The van der Waals surface area contributed by atoms with Gasteiger partial charge in [-0.25, -0.2) is 9.59 Å². The van der Waals surface area contributed by atoms with Gasteiger partial charge < -0.3 is 19.9 Å². The van der Waals surface area contributed by atoms with Gasteiger partial charge >= 0.3 is 11.9 Å². The molecule has 0 spiro atoms. The summed E-state index contributed by atoms with van der Waals surface area (Å²) in [6.45, 7) is 0. The Morgan fingerprint density at radius 3 is 1.09 bits per heavy atom. The predicted octanol–water partition coefficient (Wildman–Crippen LogP) is -0.783. The lowest BCUT2D eigenvalue weighted by Gasteiger charge is -2.20. The van der Waals surface area contributed by atoms with Gasteiger partial charge in [-0.15, -0.1) is 0 Å². The van der Waals surface area contributed by atoms with Gasteiger partial charge in [0.1, 0.15) is 0 Å². The van der Waals surface area contributed by atoms with Crippen molar-refractivity contribution in [1.29, 1.82) is 0 Å². The minimum absolute atomic E-state index is 0.0506. The number of aliphatic hydroxyl groups is 2. The molecule has 2 aromatic rings. The van der Waals surface area contributed by atoms with Crippen molar-refractivity contribution in [3.05, 3.63) is 70.8 Å². The average Bonchev–Trinajstić information content (AvgIpc) is 3.19. The van der Waals surface area contributed by atoms with Crippen LogP contribution in [0.1, 0.15) is 41.4 Å². The van der Waals surface area contributed by atoms with Gasteiger partial charge in [0.05, 0.1) is 22.3 Å². The molecule has 2 N–H and O–H groups in total. The maximum Gasteiger partial charge on any atom is 0.364 e. The molecule has 0 saturated heterocycles. The highest BCUT2D eigenvalue weighted by Gasteiger charge is 2.44. The molecule has 0 aliphatic carbocycles. The second-order valence-electron chi connectivity index (χ2n) is 6.61. The fourth-order valence-electron chi connectivity index (χ4n) is 3.05. The molecule has 0 radical (unpaired) electrons. The summed E-state index contributed by atoms with van der Waals surface area (Å²) in [5.41, 5.74) is -0.202. The number of aliphatic hydroxyl groups excluding tert-OH is 2. The number of nitrogens with zero attached hydrogens (tertiary/aromatic N) is 2. The number of rotatable bonds is 5. The number of imide groups is 2. The zero-order valence-corrected chi connectivity index (χ0v) is 15.8. The average molecular weight is 440 g/mol. The molecule has 2 aliphatic rings. The van der Waals surface area contributed by atoms with Crippen molar-refractivity contribution in [2.45, 2.75) is 12.2 Å². The SMILES string of the molecule is O=C(ON1C(=O)c2ccccc2C1=O)C(O)C(O)C(=O)ON1C(=O)c2ccccc2C1=O. The number of benzene rings is 2. The van der Waals surface area contributed by atoms with Gasteiger partial charge in [0, 0.05) is 0 Å². The zero-order valence-electron chi connectivity index (χ0n) is 15.8. The first kappa shape index (κ1) is 20.8. The Hall–Kier alpha value is -4.42. The van der Waals surface area contributed by atoms with Crippen molar-refractivity contribution < 1.29 is 48.7 Å². The van der Waals surface area contributed by atoms with Gasteiger partial charge in [-0.1, -0.05) is 34.4 Å². The van der Waals surface area contributed by atoms with E-state index in [-0.39, 0.29) is 32.4 Å². The van der Waals surface area contributed by atoms with Gasteiger partial charge in [-0.3, -0.25) is 19.2 Å². The van der Waals surface area contributed by atoms with Crippen molar-refractivity contribution in [3.8, 4) is 0 Å².